The topological polar surface area (TPSA) is 76.7 Å². The van der Waals surface area contributed by atoms with E-state index < -0.39 is 6.10 Å². The van der Waals surface area contributed by atoms with Gasteiger partial charge in [0.25, 0.3) is 0 Å². The lowest BCUT2D eigenvalue weighted by atomic mass is 9.94. The molecular formula is C17H21N5OS. The minimum Gasteiger partial charge on any atom is -0.380 e. The Morgan fingerprint density at radius 1 is 1.25 bits per heavy atom. The molecule has 1 atom stereocenters. The summed E-state index contributed by atoms with van der Waals surface area (Å²) in [5.41, 5.74) is 1.88. The normalized spacial score (nSPS) is 13.2. The van der Waals surface area contributed by atoms with Gasteiger partial charge in [-0.3, -0.25) is 4.98 Å². The second-order valence-electron chi connectivity index (χ2n) is 6.76. The second kappa shape index (κ2) is 6.41. The molecule has 6 nitrogen and oxygen atoms in total. The molecule has 0 saturated carbocycles. The summed E-state index contributed by atoms with van der Waals surface area (Å²) in [6.07, 6.45) is 4.06. The second-order valence-corrected chi connectivity index (χ2v) is 7.84. The molecule has 7 heteroatoms. The number of aliphatic hydroxyl groups excluding tert-OH is 1. The highest BCUT2D eigenvalue weighted by atomic mass is 32.1. The summed E-state index contributed by atoms with van der Waals surface area (Å²) in [5.74, 6) is 0.380. The van der Waals surface area contributed by atoms with Crippen LogP contribution < -0.4 is 0 Å². The van der Waals surface area contributed by atoms with Crippen molar-refractivity contribution in [3.63, 3.8) is 0 Å². The van der Waals surface area contributed by atoms with Crippen LogP contribution in [0.15, 0.2) is 30.9 Å². The molecule has 0 amide bonds. The smallest absolute Gasteiger partial charge is 0.183 e. The first kappa shape index (κ1) is 16.7. The molecule has 24 heavy (non-hydrogen) atoms. The maximum absolute atomic E-state index is 10.3. The fourth-order valence-corrected chi connectivity index (χ4v) is 3.67. The molecule has 0 spiro atoms. The summed E-state index contributed by atoms with van der Waals surface area (Å²) in [6.45, 7) is 9.17. The van der Waals surface area contributed by atoms with Crippen LogP contribution in [-0.4, -0.2) is 29.8 Å². The van der Waals surface area contributed by atoms with Gasteiger partial charge in [-0.25, -0.2) is 14.6 Å². The highest BCUT2D eigenvalue weighted by molar-refractivity contribution is 7.11. The van der Waals surface area contributed by atoms with Crippen molar-refractivity contribution in [3.8, 4) is 0 Å². The van der Waals surface area contributed by atoms with Gasteiger partial charge in [0.05, 0.1) is 12.2 Å². The fraction of sp³-hybridized carbons (Fsp3) is 0.412. The highest BCUT2D eigenvalue weighted by Crippen LogP contribution is 2.31. The van der Waals surface area contributed by atoms with Crippen molar-refractivity contribution in [3.05, 3.63) is 57.8 Å². The van der Waals surface area contributed by atoms with Crippen LogP contribution in [0, 0.1) is 6.92 Å². The molecule has 0 radical (unpaired) electrons. The number of aromatic nitrogens is 5. The van der Waals surface area contributed by atoms with Gasteiger partial charge in [-0.1, -0.05) is 20.8 Å². The summed E-state index contributed by atoms with van der Waals surface area (Å²) < 4.78 is 1.71. The number of aliphatic hydroxyl groups is 1. The first-order valence-corrected chi connectivity index (χ1v) is 8.60. The van der Waals surface area contributed by atoms with Crippen LogP contribution in [0.25, 0.3) is 0 Å². The predicted molar refractivity (Wildman–Crippen MR) is 93.0 cm³/mol. The van der Waals surface area contributed by atoms with Crippen molar-refractivity contribution in [2.45, 2.75) is 45.8 Å². The van der Waals surface area contributed by atoms with Crippen molar-refractivity contribution in [2.24, 2.45) is 0 Å². The van der Waals surface area contributed by atoms with E-state index in [0.29, 0.717) is 12.4 Å². The molecule has 1 unspecified atom stereocenters. The Kier molecular flexibility index (Phi) is 4.47. The molecule has 0 saturated heterocycles. The van der Waals surface area contributed by atoms with Gasteiger partial charge in [-0.05, 0) is 30.0 Å². The third kappa shape index (κ3) is 3.52. The Morgan fingerprint density at radius 2 is 1.96 bits per heavy atom. The summed E-state index contributed by atoms with van der Waals surface area (Å²) in [5, 5.41) is 15.7. The lowest BCUT2D eigenvalue weighted by Gasteiger charge is -2.16. The molecule has 3 aromatic heterocycles. The quantitative estimate of drug-likeness (QED) is 0.788. The van der Waals surface area contributed by atoms with E-state index in [0.717, 1.165) is 16.3 Å². The standard InChI is InChI=1S/C17H21N5OS/c1-11-15(17(2,3)4)24-13(20-11)9-22-10-19-16(21-22)14(23)12-5-7-18-8-6-12/h5-8,10,14,23H,9H2,1-4H3. The van der Waals surface area contributed by atoms with E-state index >= 15 is 0 Å². The summed E-state index contributed by atoms with van der Waals surface area (Å²) in [6, 6.07) is 3.51. The molecule has 3 rings (SSSR count). The predicted octanol–water partition coefficient (Wildman–Crippen LogP) is 2.87. The third-order valence-corrected chi connectivity index (χ3v) is 5.21. The van der Waals surface area contributed by atoms with E-state index in [4.69, 9.17) is 0 Å². The first-order valence-electron chi connectivity index (χ1n) is 7.78. The maximum Gasteiger partial charge on any atom is 0.183 e. The van der Waals surface area contributed by atoms with E-state index in [1.54, 1.807) is 46.9 Å². The van der Waals surface area contributed by atoms with Crippen molar-refractivity contribution in [1.29, 1.82) is 0 Å². The van der Waals surface area contributed by atoms with Crippen LogP contribution in [0.3, 0.4) is 0 Å². The average molecular weight is 343 g/mol. The molecule has 126 valence electrons. The van der Waals surface area contributed by atoms with E-state index in [1.165, 1.54) is 4.88 Å². The van der Waals surface area contributed by atoms with Crippen molar-refractivity contribution < 1.29 is 5.11 Å². The number of nitrogens with zero attached hydrogens (tertiary/aromatic N) is 5. The molecule has 0 bridgehead atoms. The molecule has 0 aliphatic heterocycles. The Morgan fingerprint density at radius 3 is 2.58 bits per heavy atom. The highest BCUT2D eigenvalue weighted by Gasteiger charge is 2.21. The zero-order valence-corrected chi connectivity index (χ0v) is 15.1. The maximum atomic E-state index is 10.3. The Bertz CT molecular complexity index is 819. The third-order valence-electron chi connectivity index (χ3n) is 3.64. The van der Waals surface area contributed by atoms with Gasteiger partial charge >= 0.3 is 0 Å². The van der Waals surface area contributed by atoms with Gasteiger partial charge in [0, 0.05) is 17.3 Å². The van der Waals surface area contributed by atoms with Crippen molar-refractivity contribution in [2.75, 3.05) is 0 Å². The van der Waals surface area contributed by atoms with Crippen molar-refractivity contribution in [1.82, 2.24) is 24.7 Å². The van der Waals surface area contributed by atoms with Gasteiger partial charge in [0.15, 0.2) is 5.82 Å². The Labute approximate surface area is 145 Å². The Balaban J connectivity index is 1.77. The summed E-state index contributed by atoms with van der Waals surface area (Å²) >= 11 is 1.70. The van der Waals surface area contributed by atoms with Crippen molar-refractivity contribution >= 4 is 11.3 Å². The lowest BCUT2D eigenvalue weighted by molar-refractivity contribution is 0.209. The van der Waals surface area contributed by atoms with Crippen LogP contribution in [0.1, 0.15) is 53.8 Å². The number of thiazole rings is 1. The zero-order chi connectivity index (χ0) is 17.3. The molecule has 3 heterocycles. The molecule has 0 aromatic carbocycles. The number of hydrogen-bond acceptors (Lipinski definition) is 6. The van der Waals surface area contributed by atoms with E-state index in [1.807, 2.05) is 6.92 Å². The molecule has 1 N–H and O–H groups in total. The van der Waals surface area contributed by atoms with Gasteiger partial charge in [-0.15, -0.1) is 11.3 Å². The monoisotopic (exact) mass is 343 g/mol. The molecule has 0 fully saturated rings. The molecule has 3 aromatic rings. The molecule has 0 aliphatic rings. The van der Waals surface area contributed by atoms with Crippen LogP contribution in [0.5, 0.6) is 0 Å². The minimum absolute atomic E-state index is 0.0884. The minimum atomic E-state index is -0.850. The molecular weight excluding hydrogens is 322 g/mol. The Hall–Kier alpha value is -2.12. The van der Waals surface area contributed by atoms with Crippen LogP contribution >= 0.6 is 11.3 Å². The molecule has 0 aliphatic carbocycles. The fourth-order valence-electron chi connectivity index (χ4n) is 2.56. The van der Waals surface area contributed by atoms with Crippen LogP contribution in [0.4, 0.5) is 0 Å². The number of hydrogen-bond donors (Lipinski definition) is 1. The van der Waals surface area contributed by atoms with E-state index in [9.17, 15) is 5.11 Å². The number of rotatable bonds is 4. The zero-order valence-electron chi connectivity index (χ0n) is 14.3. The lowest BCUT2D eigenvalue weighted by Crippen LogP contribution is -2.10. The number of aryl methyl sites for hydroxylation is 1. The summed E-state index contributed by atoms with van der Waals surface area (Å²) in [7, 11) is 0. The van der Waals surface area contributed by atoms with Crippen LogP contribution in [0.2, 0.25) is 0 Å². The largest absolute Gasteiger partial charge is 0.380 e. The SMILES string of the molecule is Cc1nc(Cn2cnc(C(O)c3ccncc3)n2)sc1C(C)(C)C. The van der Waals surface area contributed by atoms with Crippen LogP contribution in [-0.2, 0) is 12.0 Å². The van der Waals surface area contributed by atoms with Gasteiger partial charge < -0.3 is 5.11 Å². The van der Waals surface area contributed by atoms with E-state index in [-0.39, 0.29) is 5.41 Å². The van der Waals surface area contributed by atoms with Gasteiger partial charge in [0.1, 0.15) is 17.4 Å². The first-order chi connectivity index (χ1) is 11.3. The van der Waals surface area contributed by atoms with Gasteiger partial charge in [-0.2, -0.15) is 5.10 Å². The number of pyridine rings is 1. The van der Waals surface area contributed by atoms with Gasteiger partial charge in [0.2, 0.25) is 0 Å². The van der Waals surface area contributed by atoms with E-state index in [2.05, 4.69) is 40.8 Å². The summed E-state index contributed by atoms with van der Waals surface area (Å²) in [4.78, 5) is 14.1. The average Bonchev–Trinajstić information content (AvgIpc) is 3.14.